The molecule has 2 amide bonds. The van der Waals surface area contributed by atoms with E-state index in [1.807, 2.05) is 69.3 Å². The van der Waals surface area contributed by atoms with Gasteiger partial charge >= 0.3 is 6.03 Å². The fraction of sp³-hybridized carbons (Fsp3) is 0.207. The van der Waals surface area contributed by atoms with Crippen LogP contribution in [0.3, 0.4) is 0 Å². The lowest BCUT2D eigenvalue weighted by Gasteiger charge is -2.35. The largest absolute Gasteiger partial charge is 0.494 e. The molecule has 0 aliphatic carbocycles. The highest BCUT2D eigenvalue weighted by atomic mass is 19.1. The van der Waals surface area contributed by atoms with Crippen molar-refractivity contribution >= 4 is 17.3 Å². The molecule has 0 bridgehead atoms. The molecule has 0 spiro atoms. The molecule has 1 aliphatic rings. The van der Waals surface area contributed by atoms with Crippen LogP contribution in [0.25, 0.3) is 17.0 Å². The van der Waals surface area contributed by atoms with Gasteiger partial charge in [-0.15, -0.1) is 0 Å². The van der Waals surface area contributed by atoms with Gasteiger partial charge in [0.05, 0.1) is 23.9 Å². The van der Waals surface area contributed by atoms with Gasteiger partial charge in [-0.3, -0.25) is 4.90 Å². The maximum atomic E-state index is 14.0. The summed E-state index contributed by atoms with van der Waals surface area (Å²) < 4.78 is 25.3. The second-order valence-corrected chi connectivity index (χ2v) is 8.95. The SMILES string of the molecule is CCOc1ccc(C2NC(=O)N(c3ccc(F)c(C)c3)C(C)=C2c2nc(-c3cccc(C)c3)no2)cc1. The molecule has 1 aliphatic heterocycles. The monoisotopic (exact) mass is 498 g/mol. The number of amides is 2. The maximum Gasteiger partial charge on any atom is 0.326 e. The molecular formula is C29H27FN4O3. The second kappa shape index (κ2) is 9.89. The molecule has 8 heteroatoms. The number of rotatable bonds is 6. The number of urea groups is 1. The van der Waals surface area contributed by atoms with E-state index >= 15 is 0 Å². The van der Waals surface area contributed by atoms with Crippen molar-refractivity contribution < 1.29 is 18.4 Å². The summed E-state index contributed by atoms with van der Waals surface area (Å²) in [5.74, 6) is 1.14. The quantitative estimate of drug-likeness (QED) is 0.324. The van der Waals surface area contributed by atoms with Gasteiger partial charge in [-0.05, 0) is 75.2 Å². The van der Waals surface area contributed by atoms with Gasteiger partial charge in [0.25, 0.3) is 5.89 Å². The third kappa shape index (κ3) is 4.70. The zero-order valence-electron chi connectivity index (χ0n) is 21.1. The molecule has 0 radical (unpaired) electrons. The lowest BCUT2D eigenvalue weighted by Crippen LogP contribution is -2.46. The number of aryl methyl sites for hydroxylation is 2. The highest BCUT2D eigenvalue weighted by Gasteiger charge is 2.36. The fourth-order valence-corrected chi connectivity index (χ4v) is 4.51. The maximum absolute atomic E-state index is 14.0. The third-order valence-electron chi connectivity index (χ3n) is 6.34. The van der Waals surface area contributed by atoms with Gasteiger partial charge in [-0.2, -0.15) is 4.98 Å². The van der Waals surface area contributed by atoms with Crippen molar-refractivity contribution in [3.05, 3.63) is 101 Å². The Morgan fingerprint density at radius 1 is 1.05 bits per heavy atom. The first-order valence-electron chi connectivity index (χ1n) is 12.1. The lowest BCUT2D eigenvalue weighted by atomic mass is 9.94. The van der Waals surface area contributed by atoms with E-state index in [1.54, 1.807) is 19.1 Å². The van der Waals surface area contributed by atoms with E-state index in [2.05, 4.69) is 10.5 Å². The van der Waals surface area contributed by atoms with E-state index < -0.39 is 6.04 Å². The van der Waals surface area contributed by atoms with Crippen molar-refractivity contribution in [1.82, 2.24) is 15.5 Å². The Hall–Kier alpha value is -4.46. The molecule has 1 N–H and O–H groups in total. The van der Waals surface area contributed by atoms with Crippen molar-refractivity contribution in [2.24, 2.45) is 0 Å². The van der Waals surface area contributed by atoms with Gasteiger partial charge in [0.2, 0.25) is 5.82 Å². The molecule has 0 saturated carbocycles. The molecular weight excluding hydrogens is 471 g/mol. The Labute approximate surface area is 214 Å². The van der Waals surface area contributed by atoms with Crippen molar-refractivity contribution in [2.75, 3.05) is 11.5 Å². The van der Waals surface area contributed by atoms with Crippen LogP contribution in [0.4, 0.5) is 14.9 Å². The molecule has 0 fully saturated rings. The smallest absolute Gasteiger partial charge is 0.326 e. The summed E-state index contributed by atoms with van der Waals surface area (Å²) in [6.07, 6.45) is 0. The minimum Gasteiger partial charge on any atom is -0.494 e. The van der Waals surface area contributed by atoms with E-state index in [1.165, 1.54) is 11.0 Å². The first-order valence-corrected chi connectivity index (χ1v) is 12.1. The van der Waals surface area contributed by atoms with Crippen molar-refractivity contribution in [1.29, 1.82) is 0 Å². The summed E-state index contributed by atoms with van der Waals surface area (Å²) >= 11 is 0. The van der Waals surface area contributed by atoms with Crippen LogP contribution in [-0.4, -0.2) is 22.8 Å². The van der Waals surface area contributed by atoms with Crippen LogP contribution < -0.4 is 15.0 Å². The van der Waals surface area contributed by atoms with Gasteiger partial charge in [0, 0.05) is 11.3 Å². The normalized spacial score (nSPS) is 15.6. The molecule has 37 heavy (non-hydrogen) atoms. The average molecular weight is 499 g/mol. The predicted octanol–water partition coefficient (Wildman–Crippen LogP) is 6.59. The average Bonchev–Trinajstić information content (AvgIpc) is 3.36. The number of anilines is 1. The Kier molecular flexibility index (Phi) is 6.48. The van der Waals surface area contributed by atoms with Crippen LogP contribution in [0.1, 0.15) is 42.5 Å². The summed E-state index contributed by atoms with van der Waals surface area (Å²) in [6.45, 7) is 7.96. The first-order chi connectivity index (χ1) is 17.9. The number of ether oxygens (including phenoxy) is 1. The summed E-state index contributed by atoms with van der Waals surface area (Å²) in [6, 6.07) is 19.0. The summed E-state index contributed by atoms with van der Waals surface area (Å²) in [7, 11) is 0. The number of allylic oxidation sites excluding steroid dienone is 1. The van der Waals surface area contributed by atoms with Crippen LogP contribution in [0.15, 0.2) is 77.0 Å². The molecule has 1 aromatic heterocycles. The van der Waals surface area contributed by atoms with Gasteiger partial charge < -0.3 is 14.6 Å². The number of nitrogens with zero attached hydrogens (tertiary/aromatic N) is 3. The number of benzene rings is 3. The van der Waals surface area contributed by atoms with Crippen LogP contribution in [0.5, 0.6) is 5.75 Å². The van der Waals surface area contributed by atoms with Crippen LogP contribution in [0, 0.1) is 19.7 Å². The van der Waals surface area contributed by atoms with Gasteiger partial charge in [0.15, 0.2) is 0 Å². The summed E-state index contributed by atoms with van der Waals surface area (Å²) in [4.78, 5) is 19.6. The first kappa shape index (κ1) is 24.2. The van der Waals surface area contributed by atoms with Crippen molar-refractivity contribution in [2.45, 2.75) is 33.7 Å². The van der Waals surface area contributed by atoms with E-state index in [-0.39, 0.29) is 17.7 Å². The van der Waals surface area contributed by atoms with Crippen LogP contribution >= 0.6 is 0 Å². The molecule has 4 aromatic rings. The van der Waals surface area contributed by atoms with E-state index in [9.17, 15) is 9.18 Å². The number of nitrogens with one attached hydrogen (secondary N) is 1. The highest BCUT2D eigenvalue weighted by Crippen LogP contribution is 2.39. The Morgan fingerprint density at radius 3 is 2.54 bits per heavy atom. The minimum absolute atomic E-state index is 0.289. The molecule has 7 nitrogen and oxygen atoms in total. The second-order valence-electron chi connectivity index (χ2n) is 8.95. The Bertz CT molecular complexity index is 1490. The third-order valence-corrected chi connectivity index (χ3v) is 6.34. The fourth-order valence-electron chi connectivity index (χ4n) is 4.51. The van der Waals surface area contributed by atoms with Gasteiger partial charge in [-0.1, -0.05) is 41.1 Å². The van der Waals surface area contributed by atoms with Gasteiger partial charge in [-0.25, -0.2) is 9.18 Å². The number of halogens is 1. The molecule has 1 atom stereocenters. The number of carbonyl (C=O) groups is 1. The zero-order valence-corrected chi connectivity index (χ0v) is 21.1. The van der Waals surface area contributed by atoms with E-state index in [4.69, 9.17) is 14.2 Å². The number of carbonyl (C=O) groups excluding carboxylic acids is 1. The Morgan fingerprint density at radius 2 is 1.84 bits per heavy atom. The molecule has 5 rings (SSSR count). The van der Waals surface area contributed by atoms with Crippen LogP contribution in [0.2, 0.25) is 0 Å². The number of hydrogen-bond donors (Lipinski definition) is 1. The van der Waals surface area contributed by atoms with Crippen molar-refractivity contribution in [3.63, 3.8) is 0 Å². The topological polar surface area (TPSA) is 80.5 Å². The highest BCUT2D eigenvalue weighted by molar-refractivity contribution is 6.01. The van der Waals surface area contributed by atoms with E-state index in [0.29, 0.717) is 35.0 Å². The van der Waals surface area contributed by atoms with E-state index in [0.717, 1.165) is 22.4 Å². The van der Waals surface area contributed by atoms with Gasteiger partial charge in [0.1, 0.15) is 11.6 Å². The minimum atomic E-state index is -0.549. The number of aromatic nitrogens is 2. The van der Waals surface area contributed by atoms with Crippen LogP contribution in [-0.2, 0) is 0 Å². The molecule has 3 aromatic carbocycles. The molecule has 188 valence electrons. The standard InChI is InChI=1S/C29H27FN4O3/c1-5-36-23-12-9-20(10-13-23)26-25(28-32-27(33-37-28)21-8-6-7-17(2)15-21)19(4)34(29(35)31-26)22-11-14-24(30)18(3)16-22/h6-16,26H,5H2,1-4H3,(H,31,35). The summed E-state index contributed by atoms with van der Waals surface area (Å²) in [5.41, 5.74) is 4.97. The molecule has 1 unspecified atom stereocenters. The number of hydrogen-bond acceptors (Lipinski definition) is 5. The predicted molar refractivity (Wildman–Crippen MR) is 140 cm³/mol. The molecule has 2 heterocycles. The Balaban J connectivity index is 1.64. The molecule has 0 saturated heterocycles. The van der Waals surface area contributed by atoms with Crippen molar-refractivity contribution in [3.8, 4) is 17.1 Å². The lowest BCUT2D eigenvalue weighted by molar-refractivity contribution is 0.244. The summed E-state index contributed by atoms with van der Waals surface area (Å²) in [5, 5.41) is 7.30. The zero-order chi connectivity index (χ0) is 26.1.